The molecule has 0 aliphatic heterocycles. The fourth-order valence-electron chi connectivity index (χ4n) is 1.55. The normalized spacial score (nSPS) is 19.3. The predicted octanol–water partition coefficient (Wildman–Crippen LogP) is 0.834. The molecule has 0 bridgehead atoms. The van der Waals surface area contributed by atoms with Crippen LogP contribution in [0.2, 0.25) is 0 Å². The van der Waals surface area contributed by atoms with Crippen LogP contribution in [0.15, 0.2) is 0 Å². The molecule has 0 saturated heterocycles. The number of hydrogen-bond acceptors (Lipinski definition) is 2. The molecule has 1 aliphatic rings. The van der Waals surface area contributed by atoms with Crippen molar-refractivity contribution >= 4 is 11.7 Å². The molecule has 3 heteroatoms. The van der Waals surface area contributed by atoms with Crippen LogP contribution in [-0.4, -0.2) is 30.7 Å². The zero-order chi connectivity index (χ0) is 9.14. The van der Waals surface area contributed by atoms with Crippen molar-refractivity contribution in [3.05, 3.63) is 0 Å². The summed E-state index contributed by atoms with van der Waals surface area (Å²) >= 11 is 0. The molecular formula is C9H15NO2. The van der Waals surface area contributed by atoms with Gasteiger partial charge in [-0.2, -0.15) is 0 Å². The molecule has 3 nitrogen and oxygen atoms in total. The van der Waals surface area contributed by atoms with Crippen LogP contribution in [0.25, 0.3) is 0 Å². The van der Waals surface area contributed by atoms with Gasteiger partial charge in [0.15, 0.2) is 0 Å². The molecule has 1 saturated carbocycles. The van der Waals surface area contributed by atoms with Gasteiger partial charge in [0.25, 0.3) is 0 Å². The Morgan fingerprint density at radius 1 is 1.33 bits per heavy atom. The molecule has 1 fully saturated rings. The monoisotopic (exact) mass is 169 g/mol. The Bertz CT molecular complexity index is 189. The fraction of sp³-hybridized carbons (Fsp3) is 0.778. The second-order valence-electron chi connectivity index (χ2n) is 3.55. The minimum atomic E-state index is 0.0951. The molecule has 1 rings (SSSR count). The van der Waals surface area contributed by atoms with Crippen LogP contribution in [0.3, 0.4) is 0 Å². The zero-order valence-electron chi connectivity index (χ0n) is 7.67. The molecule has 0 aromatic carbocycles. The van der Waals surface area contributed by atoms with E-state index in [9.17, 15) is 9.59 Å². The molecule has 0 aromatic heterocycles. The van der Waals surface area contributed by atoms with E-state index in [1.54, 1.807) is 19.0 Å². The van der Waals surface area contributed by atoms with E-state index in [1.807, 2.05) is 0 Å². The van der Waals surface area contributed by atoms with Gasteiger partial charge in [-0.25, -0.2) is 0 Å². The molecule has 1 aliphatic carbocycles. The lowest BCUT2D eigenvalue weighted by atomic mass is 9.87. The van der Waals surface area contributed by atoms with E-state index in [-0.39, 0.29) is 11.8 Å². The summed E-state index contributed by atoms with van der Waals surface area (Å²) in [6, 6.07) is 0. The molecule has 0 N–H and O–H groups in total. The number of Topliss-reactive ketones (excluding diaryl/α,β-unsaturated/α-hetero) is 1. The van der Waals surface area contributed by atoms with Crippen molar-refractivity contribution in [2.45, 2.75) is 25.7 Å². The van der Waals surface area contributed by atoms with Crippen molar-refractivity contribution in [1.82, 2.24) is 4.90 Å². The van der Waals surface area contributed by atoms with E-state index in [0.717, 1.165) is 12.8 Å². The van der Waals surface area contributed by atoms with Crippen LogP contribution in [0.5, 0.6) is 0 Å². The molecule has 0 heterocycles. The lowest BCUT2D eigenvalue weighted by Crippen LogP contribution is -2.32. The highest BCUT2D eigenvalue weighted by Gasteiger charge is 2.25. The maximum Gasteiger partial charge on any atom is 0.225 e. The van der Waals surface area contributed by atoms with Gasteiger partial charge in [-0.05, 0) is 12.8 Å². The second-order valence-corrected chi connectivity index (χ2v) is 3.55. The minimum Gasteiger partial charge on any atom is -0.349 e. The van der Waals surface area contributed by atoms with Crippen LogP contribution < -0.4 is 0 Å². The lowest BCUT2D eigenvalue weighted by Gasteiger charge is -2.23. The third kappa shape index (κ3) is 2.06. The van der Waals surface area contributed by atoms with Gasteiger partial charge >= 0.3 is 0 Å². The number of amides is 1. The molecule has 0 spiro atoms. The fourth-order valence-corrected chi connectivity index (χ4v) is 1.55. The highest BCUT2D eigenvalue weighted by Crippen LogP contribution is 2.22. The summed E-state index contributed by atoms with van der Waals surface area (Å²) < 4.78 is 0. The topological polar surface area (TPSA) is 37.4 Å². The largest absolute Gasteiger partial charge is 0.349 e. The molecule has 0 aromatic rings. The molecule has 12 heavy (non-hydrogen) atoms. The average molecular weight is 169 g/mol. The van der Waals surface area contributed by atoms with Crippen LogP contribution >= 0.6 is 0 Å². The van der Waals surface area contributed by atoms with Gasteiger partial charge < -0.3 is 4.90 Å². The highest BCUT2D eigenvalue weighted by atomic mass is 16.2. The molecule has 0 radical (unpaired) electrons. The summed E-state index contributed by atoms with van der Waals surface area (Å²) in [5.41, 5.74) is 0. The summed E-state index contributed by atoms with van der Waals surface area (Å²) in [4.78, 5) is 23.9. The minimum absolute atomic E-state index is 0.0951. The summed E-state index contributed by atoms with van der Waals surface area (Å²) in [5, 5.41) is 0. The molecule has 68 valence electrons. The number of rotatable bonds is 1. The summed E-state index contributed by atoms with van der Waals surface area (Å²) in [7, 11) is 3.53. The number of hydrogen-bond donors (Lipinski definition) is 0. The van der Waals surface area contributed by atoms with Gasteiger partial charge in [0.2, 0.25) is 5.91 Å². The predicted molar refractivity (Wildman–Crippen MR) is 45.7 cm³/mol. The number of nitrogens with zero attached hydrogens (tertiary/aromatic N) is 1. The number of carbonyl (C=O) groups excluding carboxylic acids is 2. The van der Waals surface area contributed by atoms with Gasteiger partial charge in [-0.3, -0.25) is 9.59 Å². The van der Waals surface area contributed by atoms with Crippen molar-refractivity contribution in [3.8, 4) is 0 Å². The van der Waals surface area contributed by atoms with E-state index in [1.165, 1.54) is 0 Å². The first kappa shape index (κ1) is 9.23. The van der Waals surface area contributed by atoms with Crippen LogP contribution in [0.1, 0.15) is 25.7 Å². The Morgan fingerprint density at radius 2 is 1.83 bits per heavy atom. The number of carbonyl (C=O) groups is 2. The van der Waals surface area contributed by atoms with E-state index < -0.39 is 0 Å². The van der Waals surface area contributed by atoms with Crippen LogP contribution in [0.4, 0.5) is 0 Å². The van der Waals surface area contributed by atoms with Crippen molar-refractivity contribution in [1.29, 1.82) is 0 Å². The third-order valence-corrected chi connectivity index (χ3v) is 2.33. The summed E-state index contributed by atoms with van der Waals surface area (Å²) in [6.45, 7) is 0. The smallest absolute Gasteiger partial charge is 0.225 e. The first-order valence-corrected chi connectivity index (χ1v) is 4.34. The average Bonchev–Trinajstić information content (AvgIpc) is 2.04. The summed E-state index contributed by atoms with van der Waals surface area (Å²) in [5.74, 6) is 0.568. The lowest BCUT2D eigenvalue weighted by molar-refractivity contribution is -0.135. The van der Waals surface area contributed by atoms with Gasteiger partial charge in [0.1, 0.15) is 5.78 Å². The highest BCUT2D eigenvalue weighted by molar-refractivity contribution is 5.84. The Labute approximate surface area is 72.7 Å². The molecule has 0 atom stereocenters. The van der Waals surface area contributed by atoms with Gasteiger partial charge in [0, 0.05) is 32.9 Å². The van der Waals surface area contributed by atoms with E-state index in [4.69, 9.17) is 0 Å². The Kier molecular flexibility index (Phi) is 2.84. The van der Waals surface area contributed by atoms with Crippen molar-refractivity contribution < 1.29 is 9.59 Å². The van der Waals surface area contributed by atoms with E-state index in [2.05, 4.69) is 0 Å². The third-order valence-electron chi connectivity index (χ3n) is 2.33. The van der Waals surface area contributed by atoms with E-state index >= 15 is 0 Å². The van der Waals surface area contributed by atoms with Crippen LogP contribution in [-0.2, 0) is 9.59 Å². The molecular weight excluding hydrogens is 154 g/mol. The zero-order valence-corrected chi connectivity index (χ0v) is 7.67. The maximum atomic E-state index is 11.4. The maximum absolute atomic E-state index is 11.4. The van der Waals surface area contributed by atoms with Crippen molar-refractivity contribution in [3.63, 3.8) is 0 Å². The van der Waals surface area contributed by atoms with Crippen LogP contribution in [0, 0.1) is 5.92 Å². The Morgan fingerprint density at radius 3 is 2.25 bits per heavy atom. The Hall–Kier alpha value is -0.860. The van der Waals surface area contributed by atoms with Gasteiger partial charge in [0.05, 0.1) is 0 Å². The number of ketones is 1. The van der Waals surface area contributed by atoms with Gasteiger partial charge in [-0.1, -0.05) is 0 Å². The van der Waals surface area contributed by atoms with Crippen molar-refractivity contribution in [2.75, 3.05) is 14.1 Å². The van der Waals surface area contributed by atoms with E-state index in [0.29, 0.717) is 18.6 Å². The Balaban J connectivity index is 2.44. The molecule has 0 unspecified atom stereocenters. The first-order chi connectivity index (χ1) is 5.61. The summed E-state index contributed by atoms with van der Waals surface area (Å²) in [6.07, 6.45) is 2.67. The standard InChI is InChI=1S/C9H15NO2/c1-10(2)9(12)7-3-5-8(11)6-4-7/h7H,3-6H2,1-2H3. The SMILES string of the molecule is CN(C)C(=O)C1CCC(=O)CC1. The second kappa shape index (κ2) is 3.70. The quantitative estimate of drug-likeness (QED) is 0.583. The van der Waals surface area contributed by atoms with Gasteiger partial charge in [-0.15, -0.1) is 0 Å². The van der Waals surface area contributed by atoms with Crippen molar-refractivity contribution in [2.24, 2.45) is 5.92 Å². The molecule has 1 amide bonds. The first-order valence-electron chi connectivity index (χ1n) is 4.34.